The van der Waals surface area contributed by atoms with Crippen LogP contribution in [-0.2, 0) is 5.60 Å². The van der Waals surface area contributed by atoms with Gasteiger partial charge in [-0.15, -0.1) is 0 Å². The van der Waals surface area contributed by atoms with E-state index in [1.165, 1.54) is 0 Å². The van der Waals surface area contributed by atoms with E-state index in [1.807, 2.05) is 19.9 Å². The Balaban J connectivity index is 2.15. The van der Waals surface area contributed by atoms with Gasteiger partial charge in [0.05, 0.1) is 0 Å². The quantitative estimate of drug-likeness (QED) is 0.625. The number of ether oxygens (including phenoxy) is 3. The van der Waals surface area contributed by atoms with Gasteiger partial charge >= 0.3 is 129 Å². The summed E-state index contributed by atoms with van der Waals surface area (Å²) < 4.78 is 22.3. The summed E-state index contributed by atoms with van der Waals surface area (Å²) in [5.41, 5.74) is 1.37. The summed E-state index contributed by atoms with van der Waals surface area (Å²) in [7, 11) is 1.59. The Morgan fingerprint density at radius 3 is 2.90 bits per heavy atom. The van der Waals surface area contributed by atoms with Crippen molar-refractivity contribution in [1.82, 2.24) is 9.19 Å². The van der Waals surface area contributed by atoms with E-state index in [-0.39, 0.29) is 21.3 Å². The van der Waals surface area contributed by atoms with Crippen LogP contribution in [0.2, 0.25) is 0 Å². The van der Waals surface area contributed by atoms with Crippen LogP contribution in [0.3, 0.4) is 0 Å². The molecule has 0 spiro atoms. The third kappa shape index (κ3) is 2.29. The molecule has 0 amide bonds. The van der Waals surface area contributed by atoms with Crippen molar-refractivity contribution in [2.24, 2.45) is 0 Å². The molecule has 0 unspecified atom stereocenters. The fraction of sp³-hybridized carbons (Fsp3) is 0.333. The van der Waals surface area contributed by atoms with E-state index < -0.39 is 5.60 Å². The van der Waals surface area contributed by atoms with Crippen molar-refractivity contribution in [3.63, 3.8) is 0 Å². The van der Waals surface area contributed by atoms with Gasteiger partial charge in [0.2, 0.25) is 0 Å². The Kier molecular flexibility index (Phi) is 3.40. The van der Waals surface area contributed by atoms with Crippen molar-refractivity contribution in [2.75, 3.05) is 13.7 Å². The Bertz CT molecular complexity index is 731. The Morgan fingerprint density at radius 1 is 1.38 bits per heavy atom. The first-order valence-electron chi connectivity index (χ1n) is 6.37. The summed E-state index contributed by atoms with van der Waals surface area (Å²) in [6, 6.07) is 3.67. The van der Waals surface area contributed by atoms with Crippen LogP contribution in [0.25, 0.3) is 11.3 Å². The molecule has 0 bridgehead atoms. The van der Waals surface area contributed by atoms with Crippen molar-refractivity contribution < 1.29 is 14.2 Å². The van der Waals surface area contributed by atoms with Crippen LogP contribution >= 0.6 is 0 Å². The SMILES string of the molecule is C#CCOc1cc2c(cc1OC)-c1nn[se]c1C(C)(C)O2. The van der Waals surface area contributed by atoms with Crippen LogP contribution in [0.15, 0.2) is 12.1 Å². The van der Waals surface area contributed by atoms with E-state index in [9.17, 15) is 0 Å². The zero-order chi connectivity index (χ0) is 15.0. The van der Waals surface area contributed by atoms with Gasteiger partial charge in [0.15, 0.2) is 0 Å². The molecule has 0 N–H and O–H groups in total. The molecule has 1 aromatic heterocycles. The molecule has 0 fully saturated rings. The first-order chi connectivity index (χ1) is 10.1. The molecule has 21 heavy (non-hydrogen) atoms. The number of methoxy groups -OCH3 is 1. The molecule has 3 rings (SSSR count). The molecular formula is C15H14N2O3Se. The van der Waals surface area contributed by atoms with Gasteiger partial charge in [-0.25, -0.2) is 0 Å². The average Bonchev–Trinajstić information content (AvgIpc) is 2.94. The van der Waals surface area contributed by atoms with Gasteiger partial charge in [-0.1, -0.05) is 0 Å². The van der Waals surface area contributed by atoms with Gasteiger partial charge in [0.25, 0.3) is 0 Å². The van der Waals surface area contributed by atoms with Gasteiger partial charge in [0, 0.05) is 0 Å². The fourth-order valence-corrected chi connectivity index (χ4v) is 3.76. The number of hydrogen-bond donors (Lipinski definition) is 0. The maximum absolute atomic E-state index is 6.10. The van der Waals surface area contributed by atoms with Crippen molar-refractivity contribution in [1.29, 1.82) is 0 Å². The summed E-state index contributed by atoms with van der Waals surface area (Å²) in [6.45, 7) is 4.22. The maximum atomic E-state index is 6.10. The van der Waals surface area contributed by atoms with E-state index in [0.717, 1.165) is 15.7 Å². The summed E-state index contributed by atoms with van der Waals surface area (Å²) in [5.74, 6) is 4.32. The van der Waals surface area contributed by atoms with Crippen molar-refractivity contribution in [3.8, 4) is 40.8 Å². The third-order valence-electron chi connectivity index (χ3n) is 3.23. The van der Waals surface area contributed by atoms with Crippen molar-refractivity contribution in [3.05, 3.63) is 16.6 Å². The summed E-state index contributed by atoms with van der Waals surface area (Å²) in [4.78, 5) is 0. The molecule has 1 aromatic carbocycles. The van der Waals surface area contributed by atoms with E-state index in [0.29, 0.717) is 17.2 Å². The molecule has 0 saturated heterocycles. The molecule has 6 heteroatoms. The van der Waals surface area contributed by atoms with Gasteiger partial charge in [0.1, 0.15) is 0 Å². The fourth-order valence-electron chi connectivity index (χ4n) is 2.29. The molecule has 1 aliphatic rings. The zero-order valence-electron chi connectivity index (χ0n) is 12.0. The predicted molar refractivity (Wildman–Crippen MR) is 78.9 cm³/mol. The van der Waals surface area contributed by atoms with Crippen LogP contribution in [-0.4, -0.2) is 37.6 Å². The van der Waals surface area contributed by atoms with Crippen molar-refractivity contribution >= 4 is 14.7 Å². The first kappa shape index (κ1) is 14.0. The van der Waals surface area contributed by atoms with Crippen LogP contribution in [0.5, 0.6) is 17.2 Å². The Hall–Kier alpha value is -1.96. The number of rotatable bonds is 3. The molecule has 0 aliphatic carbocycles. The van der Waals surface area contributed by atoms with E-state index in [1.54, 1.807) is 13.2 Å². The average molecular weight is 349 g/mol. The molecule has 5 nitrogen and oxygen atoms in total. The third-order valence-corrected chi connectivity index (χ3v) is 5.39. The second kappa shape index (κ2) is 5.10. The number of nitrogens with zero attached hydrogens (tertiary/aromatic N) is 2. The van der Waals surface area contributed by atoms with Crippen LogP contribution in [0, 0.1) is 12.3 Å². The summed E-state index contributed by atoms with van der Waals surface area (Å²) in [5, 5.41) is 4.29. The molecule has 2 heterocycles. The van der Waals surface area contributed by atoms with Gasteiger partial charge in [-0.3, -0.25) is 0 Å². The van der Waals surface area contributed by atoms with Gasteiger partial charge < -0.3 is 0 Å². The second-order valence-corrected chi connectivity index (χ2v) is 6.64. The number of hydrogen-bond acceptors (Lipinski definition) is 5. The second-order valence-electron chi connectivity index (χ2n) is 5.06. The normalized spacial score (nSPS) is 14.4. The minimum atomic E-state index is -0.413. The molecule has 0 saturated carbocycles. The van der Waals surface area contributed by atoms with E-state index in [4.69, 9.17) is 20.6 Å². The number of benzene rings is 1. The number of fused-ring (bicyclic) bond motifs is 3. The van der Waals surface area contributed by atoms with Crippen LogP contribution < -0.4 is 14.2 Å². The van der Waals surface area contributed by atoms with Gasteiger partial charge in [-0.05, 0) is 0 Å². The number of aromatic nitrogens is 2. The van der Waals surface area contributed by atoms with Crippen LogP contribution in [0.1, 0.15) is 18.3 Å². The minimum absolute atomic E-state index is 0.0115. The monoisotopic (exact) mass is 350 g/mol. The summed E-state index contributed by atoms with van der Waals surface area (Å²) >= 11 is -0.0115. The molecule has 0 radical (unpaired) electrons. The van der Waals surface area contributed by atoms with E-state index in [2.05, 4.69) is 15.1 Å². The van der Waals surface area contributed by atoms with Gasteiger partial charge in [-0.2, -0.15) is 0 Å². The zero-order valence-corrected chi connectivity index (χ0v) is 13.7. The van der Waals surface area contributed by atoms with E-state index >= 15 is 0 Å². The topological polar surface area (TPSA) is 53.5 Å². The summed E-state index contributed by atoms with van der Waals surface area (Å²) in [6.07, 6.45) is 5.24. The molecule has 0 atom stereocenters. The molecule has 2 aromatic rings. The molecular weight excluding hydrogens is 335 g/mol. The predicted octanol–water partition coefficient (Wildman–Crippen LogP) is 1.85. The molecule has 108 valence electrons. The van der Waals surface area contributed by atoms with Crippen molar-refractivity contribution in [2.45, 2.75) is 19.4 Å². The van der Waals surface area contributed by atoms with Crippen LogP contribution in [0.4, 0.5) is 0 Å². The Labute approximate surface area is 129 Å². The standard InChI is InChI=1S/C15H14N2O3Se/c1-5-6-19-12-8-10-9(7-11(12)18-4)13-14(21-17-16-13)15(2,3)20-10/h1,7-8H,6H2,2-4H3. The number of terminal acetylenes is 1. The molecule has 1 aliphatic heterocycles. The Morgan fingerprint density at radius 2 is 2.19 bits per heavy atom. The first-order valence-corrected chi connectivity index (χ1v) is 7.99.